The van der Waals surface area contributed by atoms with Gasteiger partial charge in [-0.05, 0) is 19.8 Å². The second-order valence-electron chi connectivity index (χ2n) is 5.96. The van der Waals surface area contributed by atoms with Crippen molar-refractivity contribution in [3.05, 3.63) is 29.7 Å². The fourth-order valence-electron chi connectivity index (χ4n) is 2.39. The number of thiazole rings is 1. The smallest absolute Gasteiger partial charge is 0.218 e. The van der Waals surface area contributed by atoms with Crippen LogP contribution in [0.25, 0.3) is 22.0 Å². The molecule has 0 aromatic carbocycles. The number of hydrogen-bond acceptors (Lipinski definition) is 6. The molecule has 0 aliphatic heterocycles. The highest BCUT2D eigenvalue weighted by atomic mass is 32.1. The molecule has 0 fully saturated rings. The Morgan fingerprint density at radius 1 is 1.13 bits per heavy atom. The lowest BCUT2D eigenvalue weighted by Crippen LogP contribution is -2.01. The highest BCUT2D eigenvalue weighted by Gasteiger charge is 2.20. The van der Waals surface area contributed by atoms with Gasteiger partial charge in [0.1, 0.15) is 0 Å². The van der Waals surface area contributed by atoms with E-state index in [4.69, 9.17) is 0 Å². The number of hydrogen-bond donors (Lipinski definition) is 1. The third kappa shape index (κ3) is 2.96. The van der Waals surface area contributed by atoms with Crippen molar-refractivity contribution in [3.8, 4) is 27.8 Å². The van der Waals surface area contributed by atoms with Crippen molar-refractivity contribution >= 4 is 11.3 Å². The molecule has 0 unspecified atom stereocenters. The molecule has 0 bridgehead atoms. The SMILES string of the molecule is CC(C)c1c(O)nc(-c2cncs2)nc1-c1cnn(C(C)C)c1. The van der Waals surface area contributed by atoms with E-state index >= 15 is 0 Å². The van der Waals surface area contributed by atoms with E-state index in [-0.39, 0.29) is 17.8 Å². The summed E-state index contributed by atoms with van der Waals surface area (Å²) in [4.78, 5) is 13.8. The Labute approximate surface area is 138 Å². The van der Waals surface area contributed by atoms with Gasteiger partial charge < -0.3 is 5.11 Å². The summed E-state index contributed by atoms with van der Waals surface area (Å²) in [6.07, 6.45) is 5.44. The van der Waals surface area contributed by atoms with Crippen molar-refractivity contribution in [3.63, 3.8) is 0 Å². The fourth-order valence-corrected chi connectivity index (χ4v) is 2.94. The van der Waals surface area contributed by atoms with E-state index in [0.717, 1.165) is 21.7 Å². The minimum atomic E-state index is 0.0192. The van der Waals surface area contributed by atoms with Gasteiger partial charge in [0, 0.05) is 29.6 Å². The lowest BCUT2D eigenvalue weighted by atomic mass is 9.99. The molecule has 3 aromatic heterocycles. The molecule has 3 aromatic rings. The number of nitrogens with zero attached hydrogens (tertiary/aromatic N) is 5. The normalized spacial score (nSPS) is 11.6. The Morgan fingerprint density at radius 2 is 1.91 bits per heavy atom. The average molecular weight is 329 g/mol. The predicted octanol–water partition coefficient (Wildman–Crippen LogP) is 3.87. The molecule has 6 nitrogen and oxygen atoms in total. The lowest BCUT2D eigenvalue weighted by Gasteiger charge is -2.13. The minimum absolute atomic E-state index is 0.0192. The summed E-state index contributed by atoms with van der Waals surface area (Å²) >= 11 is 1.44. The van der Waals surface area contributed by atoms with Crippen LogP contribution in [0.1, 0.15) is 45.2 Å². The number of rotatable bonds is 4. The van der Waals surface area contributed by atoms with Crippen LogP contribution in [-0.2, 0) is 0 Å². The maximum Gasteiger partial charge on any atom is 0.218 e. The van der Waals surface area contributed by atoms with E-state index < -0.39 is 0 Å². The van der Waals surface area contributed by atoms with Crippen LogP contribution in [0, 0.1) is 0 Å². The number of aromatic hydroxyl groups is 1. The van der Waals surface area contributed by atoms with Crippen LogP contribution < -0.4 is 0 Å². The van der Waals surface area contributed by atoms with E-state index in [1.165, 1.54) is 11.3 Å². The highest BCUT2D eigenvalue weighted by Crippen LogP contribution is 2.35. The quantitative estimate of drug-likeness (QED) is 0.786. The van der Waals surface area contributed by atoms with E-state index in [1.54, 1.807) is 17.9 Å². The highest BCUT2D eigenvalue weighted by molar-refractivity contribution is 7.13. The van der Waals surface area contributed by atoms with Crippen molar-refractivity contribution in [2.24, 2.45) is 0 Å². The molecular formula is C16H19N5OS. The van der Waals surface area contributed by atoms with Crippen LogP contribution in [0.15, 0.2) is 24.1 Å². The third-order valence-electron chi connectivity index (χ3n) is 3.56. The van der Waals surface area contributed by atoms with Crippen molar-refractivity contribution < 1.29 is 5.11 Å². The zero-order valence-corrected chi connectivity index (χ0v) is 14.4. The summed E-state index contributed by atoms with van der Waals surface area (Å²) < 4.78 is 1.88. The first-order valence-corrected chi connectivity index (χ1v) is 8.39. The zero-order valence-electron chi connectivity index (χ0n) is 13.6. The molecule has 23 heavy (non-hydrogen) atoms. The van der Waals surface area contributed by atoms with Crippen molar-refractivity contribution in [2.45, 2.75) is 39.7 Å². The Bertz CT molecular complexity index is 808. The monoisotopic (exact) mass is 329 g/mol. The minimum Gasteiger partial charge on any atom is -0.493 e. The summed E-state index contributed by atoms with van der Waals surface area (Å²) in [7, 11) is 0. The van der Waals surface area contributed by atoms with Gasteiger partial charge in [-0.25, -0.2) is 4.98 Å². The second-order valence-corrected chi connectivity index (χ2v) is 6.84. The Balaban J connectivity index is 2.19. The third-order valence-corrected chi connectivity index (χ3v) is 4.33. The van der Waals surface area contributed by atoms with E-state index in [0.29, 0.717) is 5.82 Å². The second kappa shape index (κ2) is 6.08. The molecular weight excluding hydrogens is 310 g/mol. The number of aromatic nitrogens is 5. The molecule has 0 amide bonds. The Hall–Kier alpha value is -2.28. The lowest BCUT2D eigenvalue weighted by molar-refractivity contribution is 0.442. The molecule has 0 aliphatic carbocycles. The van der Waals surface area contributed by atoms with E-state index in [9.17, 15) is 5.11 Å². The van der Waals surface area contributed by atoms with Gasteiger partial charge in [-0.15, -0.1) is 11.3 Å². The molecule has 0 radical (unpaired) electrons. The van der Waals surface area contributed by atoms with Gasteiger partial charge in [0.15, 0.2) is 5.82 Å². The summed E-state index contributed by atoms with van der Waals surface area (Å²) in [5, 5.41) is 14.8. The van der Waals surface area contributed by atoms with E-state index in [2.05, 4.69) is 33.9 Å². The molecule has 3 rings (SSSR count). The molecule has 0 spiro atoms. The van der Waals surface area contributed by atoms with Crippen LogP contribution in [0.5, 0.6) is 5.88 Å². The predicted molar refractivity (Wildman–Crippen MR) is 90.5 cm³/mol. The summed E-state index contributed by atoms with van der Waals surface area (Å²) in [6.45, 7) is 8.17. The standard InChI is InChI=1S/C16H19N5OS/c1-9(2)13-14(11-5-18-21(7-11)10(3)4)19-15(20-16(13)22)12-6-17-8-23-12/h5-10H,1-4H3,(H,19,20,22). The molecule has 0 atom stereocenters. The van der Waals surface area contributed by atoms with E-state index in [1.807, 2.05) is 24.7 Å². The molecule has 1 N–H and O–H groups in total. The zero-order chi connectivity index (χ0) is 16.6. The summed E-state index contributed by atoms with van der Waals surface area (Å²) in [5.41, 5.74) is 4.07. The van der Waals surface area contributed by atoms with Crippen LogP contribution in [0.4, 0.5) is 0 Å². The van der Waals surface area contributed by atoms with Gasteiger partial charge in [-0.2, -0.15) is 10.1 Å². The topological polar surface area (TPSA) is 76.7 Å². The molecule has 0 saturated carbocycles. The van der Waals surface area contributed by atoms with Gasteiger partial charge in [-0.1, -0.05) is 13.8 Å². The van der Waals surface area contributed by atoms with Gasteiger partial charge in [0.2, 0.25) is 5.88 Å². The van der Waals surface area contributed by atoms with Crippen molar-refractivity contribution in [2.75, 3.05) is 0 Å². The Kier molecular flexibility index (Phi) is 4.12. The Morgan fingerprint density at radius 3 is 2.48 bits per heavy atom. The van der Waals surface area contributed by atoms with Crippen LogP contribution >= 0.6 is 11.3 Å². The maximum absolute atomic E-state index is 10.4. The van der Waals surface area contributed by atoms with Crippen molar-refractivity contribution in [1.29, 1.82) is 0 Å². The molecule has 0 aliphatic rings. The van der Waals surface area contributed by atoms with Gasteiger partial charge in [-0.3, -0.25) is 9.67 Å². The van der Waals surface area contributed by atoms with Crippen LogP contribution in [0.2, 0.25) is 0 Å². The largest absolute Gasteiger partial charge is 0.493 e. The fraction of sp³-hybridized carbons (Fsp3) is 0.375. The molecule has 3 heterocycles. The summed E-state index contributed by atoms with van der Waals surface area (Å²) in [6, 6.07) is 0.266. The summed E-state index contributed by atoms with van der Waals surface area (Å²) in [5.74, 6) is 0.607. The molecule has 120 valence electrons. The first-order valence-electron chi connectivity index (χ1n) is 7.51. The molecule has 7 heteroatoms. The van der Waals surface area contributed by atoms with Gasteiger partial charge >= 0.3 is 0 Å². The van der Waals surface area contributed by atoms with Crippen LogP contribution in [-0.4, -0.2) is 29.8 Å². The van der Waals surface area contributed by atoms with Crippen molar-refractivity contribution in [1.82, 2.24) is 24.7 Å². The average Bonchev–Trinajstić information content (AvgIpc) is 3.17. The van der Waals surface area contributed by atoms with Gasteiger partial charge in [0.05, 0.1) is 22.3 Å². The maximum atomic E-state index is 10.4. The van der Waals surface area contributed by atoms with Crippen LogP contribution in [0.3, 0.4) is 0 Å². The van der Waals surface area contributed by atoms with Gasteiger partial charge in [0.25, 0.3) is 0 Å². The molecule has 0 saturated heterocycles. The first kappa shape index (κ1) is 15.6. The first-order chi connectivity index (χ1) is 11.0.